The first-order valence-corrected chi connectivity index (χ1v) is 5.92. The number of rotatable bonds is 4. The standard InChI is InChI=1S/C13H19NO3/c1-4-5-9(3)14-12(15)10-6-8(2)7-11(10)13(16)17/h1,8-11H,5-7H2,2-3H3,(H,14,15)(H,16,17)/t8?,9?,10-,11+/m0/s1. The van der Waals surface area contributed by atoms with Gasteiger partial charge in [-0.15, -0.1) is 12.3 Å². The lowest BCUT2D eigenvalue weighted by atomic mass is 9.95. The minimum Gasteiger partial charge on any atom is -0.481 e. The third-order valence-corrected chi connectivity index (χ3v) is 3.26. The van der Waals surface area contributed by atoms with Crippen LogP contribution in [0.5, 0.6) is 0 Å². The average molecular weight is 237 g/mol. The highest BCUT2D eigenvalue weighted by Crippen LogP contribution is 2.36. The van der Waals surface area contributed by atoms with Gasteiger partial charge in [0.25, 0.3) is 0 Å². The normalized spacial score (nSPS) is 29.4. The molecule has 0 saturated heterocycles. The van der Waals surface area contributed by atoms with Gasteiger partial charge in [-0.1, -0.05) is 6.92 Å². The molecular weight excluding hydrogens is 218 g/mol. The number of nitrogens with one attached hydrogen (secondary N) is 1. The molecule has 0 heterocycles. The molecule has 1 saturated carbocycles. The summed E-state index contributed by atoms with van der Waals surface area (Å²) in [5.74, 6) is 0.743. The van der Waals surface area contributed by atoms with Crippen molar-refractivity contribution in [2.24, 2.45) is 17.8 Å². The Labute approximate surface area is 102 Å². The Hall–Kier alpha value is -1.50. The number of carboxylic acid groups (broad SMARTS) is 1. The van der Waals surface area contributed by atoms with E-state index in [1.54, 1.807) is 0 Å². The molecule has 1 fully saturated rings. The van der Waals surface area contributed by atoms with E-state index in [0.29, 0.717) is 19.3 Å². The molecule has 17 heavy (non-hydrogen) atoms. The van der Waals surface area contributed by atoms with Gasteiger partial charge >= 0.3 is 5.97 Å². The van der Waals surface area contributed by atoms with E-state index in [9.17, 15) is 9.59 Å². The molecule has 1 amide bonds. The lowest BCUT2D eigenvalue weighted by Gasteiger charge is -2.18. The highest BCUT2D eigenvalue weighted by molar-refractivity contribution is 5.85. The van der Waals surface area contributed by atoms with Crippen molar-refractivity contribution in [1.29, 1.82) is 0 Å². The molecule has 94 valence electrons. The molecule has 0 aliphatic heterocycles. The fraction of sp³-hybridized carbons (Fsp3) is 0.692. The van der Waals surface area contributed by atoms with Crippen LogP contribution < -0.4 is 5.32 Å². The van der Waals surface area contributed by atoms with E-state index in [1.807, 2.05) is 13.8 Å². The second kappa shape index (κ2) is 5.72. The summed E-state index contributed by atoms with van der Waals surface area (Å²) in [6.45, 7) is 3.81. The van der Waals surface area contributed by atoms with E-state index in [-0.39, 0.29) is 17.9 Å². The lowest BCUT2D eigenvalue weighted by Crippen LogP contribution is -2.39. The van der Waals surface area contributed by atoms with Crippen LogP contribution in [0.15, 0.2) is 0 Å². The van der Waals surface area contributed by atoms with Gasteiger partial charge in [0.15, 0.2) is 0 Å². The van der Waals surface area contributed by atoms with Gasteiger partial charge in [-0.2, -0.15) is 0 Å². The highest BCUT2D eigenvalue weighted by Gasteiger charge is 2.41. The topological polar surface area (TPSA) is 66.4 Å². The fourth-order valence-corrected chi connectivity index (χ4v) is 2.43. The van der Waals surface area contributed by atoms with Crippen LogP contribution in [0, 0.1) is 30.1 Å². The van der Waals surface area contributed by atoms with Crippen LogP contribution >= 0.6 is 0 Å². The van der Waals surface area contributed by atoms with Gasteiger partial charge in [-0.25, -0.2) is 0 Å². The minimum atomic E-state index is -0.876. The third kappa shape index (κ3) is 3.48. The first-order valence-electron chi connectivity index (χ1n) is 5.92. The zero-order chi connectivity index (χ0) is 13.0. The van der Waals surface area contributed by atoms with Crippen molar-refractivity contribution >= 4 is 11.9 Å². The third-order valence-electron chi connectivity index (χ3n) is 3.26. The smallest absolute Gasteiger partial charge is 0.307 e. The van der Waals surface area contributed by atoms with E-state index in [0.717, 1.165) is 0 Å². The molecule has 1 aliphatic rings. The van der Waals surface area contributed by atoms with Crippen LogP contribution in [0.1, 0.15) is 33.1 Å². The largest absolute Gasteiger partial charge is 0.481 e. The zero-order valence-electron chi connectivity index (χ0n) is 10.3. The van der Waals surface area contributed by atoms with Crippen LogP contribution in [-0.4, -0.2) is 23.0 Å². The Balaban J connectivity index is 2.62. The van der Waals surface area contributed by atoms with E-state index >= 15 is 0 Å². The molecule has 0 radical (unpaired) electrons. The van der Waals surface area contributed by atoms with Gasteiger partial charge in [-0.3, -0.25) is 9.59 Å². The Kier molecular flexibility index (Phi) is 4.56. The summed E-state index contributed by atoms with van der Waals surface area (Å²) >= 11 is 0. The summed E-state index contributed by atoms with van der Waals surface area (Å²) < 4.78 is 0. The molecule has 0 aromatic heterocycles. The second-order valence-electron chi connectivity index (χ2n) is 4.95. The van der Waals surface area contributed by atoms with Gasteiger partial charge in [0.2, 0.25) is 5.91 Å². The molecule has 0 aromatic rings. The maximum atomic E-state index is 11.9. The number of hydrogen-bond donors (Lipinski definition) is 2. The van der Waals surface area contributed by atoms with Gasteiger partial charge in [-0.05, 0) is 25.7 Å². The Morgan fingerprint density at radius 1 is 1.47 bits per heavy atom. The monoisotopic (exact) mass is 237 g/mol. The van der Waals surface area contributed by atoms with Crippen molar-refractivity contribution < 1.29 is 14.7 Å². The predicted octanol–water partition coefficient (Wildman–Crippen LogP) is 1.26. The Morgan fingerprint density at radius 2 is 2.06 bits per heavy atom. The van der Waals surface area contributed by atoms with E-state index < -0.39 is 17.8 Å². The molecule has 0 spiro atoms. The van der Waals surface area contributed by atoms with E-state index in [2.05, 4.69) is 11.2 Å². The van der Waals surface area contributed by atoms with Gasteiger partial charge < -0.3 is 10.4 Å². The number of amides is 1. The second-order valence-corrected chi connectivity index (χ2v) is 4.95. The average Bonchev–Trinajstić information content (AvgIpc) is 2.60. The summed E-state index contributed by atoms with van der Waals surface area (Å²) in [4.78, 5) is 23.0. The molecule has 4 atom stereocenters. The summed E-state index contributed by atoms with van der Waals surface area (Å²) in [5, 5.41) is 11.9. The first-order chi connectivity index (χ1) is 7.95. The maximum Gasteiger partial charge on any atom is 0.307 e. The number of carbonyl (C=O) groups excluding carboxylic acids is 1. The van der Waals surface area contributed by atoms with Crippen molar-refractivity contribution in [3.8, 4) is 12.3 Å². The number of aliphatic carboxylic acids is 1. The lowest BCUT2D eigenvalue weighted by molar-refractivity contribution is -0.146. The number of carboxylic acids is 1. The van der Waals surface area contributed by atoms with Crippen LogP contribution in [0.2, 0.25) is 0 Å². The minimum absolute atomic E-state index is 0.0992. The number of carbonyl (C=O) groups is 2. The molecule has 1 aliphatic carbocycles. The molecule has 2 N–H and O–H groups in total. The number of hydrogen-bond acceptors (Lipinski definition) is 2. The fourth-order valence-electron chi connectivity index (χ4n) is 2.43. The quantitative estimate of drug-likeness (QED) is 0.723. The summed E-state index contributed by atoms with van der Waals surface area (Å²) in [7, 11) is 0. The number of terminal acetylenes is 1. The predicted molar refractivity (Wildman–Crippen MR) is 64.1 cm³/mol. The van der Waals surface area contributed by atoms with Crippen molar-refractivity contribution in [1.82, 2.24) is 5.32 Å². The molecule has 2 unspecified atom stereocenters. The molecule has 1 rings (SSSR count). The highest BCUT2D eigenvalue weighted by atomic mass is 16.4. The van der Waals surface area contributed by atoms with Crippen molar-refractivity contribution in [2.45, 2.75) is 39.2 Å². The van der Waals surface area contributed by atoms with Crippen LogP contribution in [0.4, 0.5) is 0 Å². The molecule has 0 aromatic carbocycles. The van der Waals surface area contributed by atoms with Crippen LogP contribution in [0.25, 0.3) is 0 Å². The zero-order valence-corrected chi connectivity index (χ0v) is 10.3. The SMILES string of the molecule is C#CCC(C)NC(=O)[C@H]1CC(C)C[C@H]1C(=O)O. The first kappa shape index (κ1) is 13.6. The van der Waals surface area contributed by atoms with Crippen molar-refractivity contribution in [2.75, 3.05) is 0 Å². The summed E-state index contributed by atoms with van der Waals surface area (Å²) in [6, 6.07) is -0.0992. The maximum absolute atomic E-state index is 11.9. The summed E-state index contributed by atoms with van der Waals surface area (Å²) in [6.07, 6.45) is 6.85. The van der Waals surface area contributed by atoms with E-state index in [4.69, 9.17) is 11.5 Å². The van der Waals surface area contributed by atoms with Crippen molar-refractivity contribution in [3.05, 3.63) is 0 Å². The Morgan fingerprint density at radius 3 is 2.59 bits per heavy atom. The van der Waals surface area contributed by atoms with Crippen LogP contribution in [-0.2, 0) is 9.59 Å². The molecule has 4 nitrogen and oxygen atoms in total. The molecule has 0 bridgehead atoms. The van der Waals surface area contributed by atoms with Crippen LogP contribution in [0.3, 0.4) is 0 Å². The molecular formula is C13H19NO3. The van der Waals surface area contributed by atoms with Gasteiger partial charge in [0.05, 0.1) is 11.8 Å². The summed E-state index contributed by atoms with van der Waals surface area (Å²) in [5.41, 5.74) is 0. The van der Waals surface area contributed by atoms with Gasteiger partial charge in [0.1, 0.15) is 0 Å². The van der Waals surface area contributed by atoms with E-state index in [1.165, 1.54) is 0 Å². The van der Waals surface area contributed by atoms with Crippen molar-refractivity contribution in [3.63, 3.8) is 0 Å². The van der Waals surface area contributed by atoms with Gasteiger partial charge in [0, 0.05) is 12.5 Å². The Bertz CT molecular complexity index is 345. The molecule has 4 heteroatoms.